The van der Waals surface area contributed by atoms with Crippen molar-refractivity contribution in [2.24, 2.45) is 0 Å². The average Bonchev–Trinajstić information content (AvgIpc) is 2.51. The van der Waals surface area contributed by atoms with Crippen LogP contribution in [0.5, 0.6) is 0 Å². The Hall–Kier alpha value is -0.766. The molecule has 3 nitrogen and oxygen atoms in total. The number of hydrogen-bond donors (Lipinski definition) is 0. The Morgan fingerprint density at radius 2 is 1.08 bits per heavy atom. The van der Waals surface area contributed by atoms with Gasteiger partial charge in [0.05, 0.1) is 0 Å². The molecule has 0 aliphatic heterocycles. The van der Waals surface area contributed by atoms with Crippen LogP contribution in [0, 0.1) is 0 Å². The smallest absolute Gasteiger partial charge is 0.352 e. The first-order valence-corrected chi connectivity index (χ1v) is 11.5. The number of halogens is 8. The van der Waals surface area contributed by atoms with Crippen LogP contribution in [0.4, 0.5) is 35.1 Å². The molecule has 0 aromatic rings. The highest BCUT2D eigenvalue weighted by Gasteiger charge is 2.48. The van der Waals surface area contributed by atoms with E-state index in [0.717, 1.165) is 24.5 Å². The summed E-state index contributed by atoms with van der Waals surface area (Å²) in [5.41, 5.74) is 1.88. The Morgan fingerprint density at radius 3 is 1.28 bits per heavy atom. The van der Waals surface area contributed by atoms with Crippen LogP contribution in [0.15, 0.2) is 24.6 Å². The Bertz CT molecular complexity index is 426. The first-order chi connectivity index (χ1) is 11.1. The summed E-state index contributed by atoms with van der Waals surface area (Å²) in [7, 11) is -7.55. The maximum absolute atomic E-state index is 13.0. The molecule has 0 amide bonds. The molecular weight excluding hydrogens is 400 g/mol. The van der Waals surface area contributed by atoms with Gasteiger partial charge in [-0.15, -0.1) is 13.2 Å². The van der Waals surface area contributed by atoms with Gasteiger partial charge in [0.2, 0.25) is 0 Å². The van der Waals surface area contributed by atoms with Crippen LogP contribution in [0.2, 0.25) is 13.1 Å². The zero-order valence-electron chi connectivity index (χ0n) is 13.4. The van der Waals surface area contributed by atoms with E-state index in [0.29, 0.717) is 0 Å². The second-order valence-corrected chi connectivity index (χ2v) is 11.5. The predicted octanol–water partition coefficient (Wildman–Crippen LogP) is 4.43. The summed E-state index contributed by atoms with van der Waals surface area (Å²) in [6.45, 7) is 5.41. The van der Waals surface area contributed by atoms with E-state index in [1.54, 1.807) is 0 Å². The first kappa shape index (κ1) is 24.2. The average molecular weight is 418 g/mol. The van der Waals surface area contributed by atoms with Crippen molar-refractivity contribution in [3.05, 3.63) is 24.6 Å². The molecule has 0 heterocycles. The van der Waals surface area contributed by atoms with Crippen LogP contribution in [0.25, 0.3) is 0 Å². The minimum absolute atomic E-state index is 0.942. The molecule has 2 unspecified atom stereocenters. The largest absolute Gasteiger partial charge is 0.409 e. The van der Waals surface area contributed by atoms with Gasteiger partial charge in [-0.3, -0.25) is 0 Å². The summed E-state index contributed by atoms with van der Waals surface area (Å²) in [5, 5.41) is 0. The Labute approximate surface area is 141 Å². The Kier molecular flexibility index (Phi) is 8.48. The fourth-order valence-corrected chi connectivity index (χ4v) is 6.82. The normalized spacial score (nSPS) is 18.1. The predicted molar refractivity (Wildman–Crippen MR) is 78.5 cm³/mol. The zero-order valence-corrected chi connectivity index (χ0v) is 15.4. The van der Waals surface area contributed by atoms with Crippen molar-refractivity contribution in [2.75, 3.05) is 13.2 Å². The van der Waals surface area contributed by atoms with Crippen LogP contribution < -0.4 is 0 Å². The summed E-state index contributed by atoms with van der Waals surface area (Å²) < 4.78 is 115. The molecule has 0 aromatic carbocycles. The molecule has 2 atom stereocenters. The van der Waals surface area contributed by atoms with Crippen molar-refractivity contribution in [1.82, 2.24) is 0 Å². The topological polar surface area (TPSA) is 27.7 Å². The zero-order chi connectivity index (χ0) is 20.1. The van der Waals surface area contributed by atoms with Gasteiger partial charge in [0.1, 0.15) is 13.2 Å². The fourth-order valence-electron chi connectivity index (χ4n) is 1.27. The Balaban J connectivity index is 5.08. The van der Waals surface area contributed by atoms with Crippen LogP contribution in [-0.4, -0.2) is 55.0 Å². The van der Waals surface area contributed by atoms with Crippen molar-refractivity contribution >= 4 is 17.1 Å². The SMILES string of the molecule is C=C[Si](C)(OCC(F)(F)C(F)F)O[Si](C)(C=C)OCC(F)(F)C(F)F. The quantitative estimate of drug-likeness (QED) is 0.347. The van der Waals surface area contributed by atoms with Crippen molar-refractivity contribution in [2.45, 2.75) is 37.8 Å². The van der Waals surface area contributed by atoms with Crippen LogP contribution >= 0.6 is 0 Å². The molecule has 0 spiro atoms. The van der Waals surface area contributed by atoms with Crippen molar-refractivity contribution < 1.29 is 48.1 Å². The lowest BCUT2D eigenvalue weighted by atomic mass is 10.4. The highest BCUT2D eigenvalue weighted by molar-refractivity contribution is 6.84. The molecule has 0 aliphatic carbocycles. The summed E-state index contributed by atoms with van der Waals surface area (Å²) in [6.07, 6.45) is -7.97. The summed E-state index contributed by atoms with van der Waals surface area (Å²) in [4.78, 5) is 0. The Morgan fingerprint density at radius 1 is 0.800 bits per heavy atom. The third-order valence-corrected chi connectivity index (χ3v) is 9.05. The molecule has 0 bridgehead atoms. The molecule has 0 saturated carbocycles. The molecule has 13 heteroatoms. The van der Waals surface area contributed by atoms with Gasteiger partial charge in [0.25, 0.3) is 0 Å². The van der Waals surface area contributed by atoms with E-state index in [-0.39, 0.29) is 0 Å². The standard InChI is InChI=1S/C12H18F8O3Si2/c1-5-24(3,21-7-11(17,18)9(13)14)23-25(4,6-2)22-8-12(19,20)10(15)16/h5-6,9-10H,1-2,7-8H2,3-4H3. The molecule has 0 aliphatic rings. The first-order valence-electron chi connectivity index (χ1n) is 6.70. The molecule has 25 heavy (non-hydrogen) atoms. The number of rotatable bonds is 12. The van der Waals surface area contributed by atoms with Crippen molar-refractivity contribution in [3.63, 3.8) is 0 Å². The van der Waals surface area contributed by atoms with Gasteiger partial charge < -0.3 is 13.0 Å². The summed E-state index contributed by atoms with van der Waals surface area (Å²) >= 11 is 0. The molecule has 0 rings (SSSR count). The van der Waals surface area contributed by atoms with E-state index in [9.17, 15) is 35.1 Å². The third kappa shape index (κ3) is 7.56. The van der Waals surface area contributed by atoms with Gasteiger partial charge >= 0.3 is 41.8 Å². The minimum Gasteiger partial charge on any atom is -0.409 e. The lowest BCUT2D eigenvalue weighted by molar-refractivity contribution is -0.154. The minimum atomic E-state index is -4.46. The van der Waals surface area contributed by atoms with Crippen molar-refractivity contribution in [1.29, 1.82) is 0 Å². The molecule has 0 radical (unpaired) electrons. The van der Waals surface area contributed by atoms with Crippen LogP contribution in [0.1, 0.15) is 0 Å². The molecule has 0 fully saturated rings. The van der Waals surface area contributed by atoms with Crippen LogP contribution in [0.3, 0.4) is 0 Å². The summed E-state index contributed by atoms with van der Waals surface area (Å²) in [5.74, 6) is -8.92. The molecule has 148 valence electrons. The molecule has 0 aromatic heterocycles. The number of hydrogen-bond acceptors (Lipinski definition) is 3. The lowest BCUT2D eigenvalue weighted by Gasteiger charge is -2.34. The third-order valence-electron chi connectivity index (χ3n) is 2.89. The van der Waals surface area contributed by atoms with Gasteiger partial charge in [-0.25, -0.2) is 17.6 Å². The maximum Gasteiger partial charge on any atom is 0.352 e. The van der Waals surface area contributed by atoms with E-state index in [1.807, 2.05) is 0 Å². The second kappa shape index (κ2) is 8.75. The second-order valence-electron chi connectivity index (χ2n) is 5.24. The van der Waals surface area contributed by atoms with Crippen LogP contribution in [-0.2, 0) is 13.0 Å². The van der Waals surface area contributed by atoms with Gasteiger partial charge in [-0.1, -0.05) is 11.4 Å². The van der Waals surface area contributed by atoms with Crippen molar-refractivity contribution in [3.8, 4) is 0 Å². The van der Waals surface area contributed by atoms with E-state index in [4.69, 9.17) is 13.0 Å². The highest BCUT2D eigenvalue weighted by Crippen LogP contribution is 2.28. The fraction of sp³-hybridized carbons (Fsp3) is 0.667. The monoisotopic (exact) mass is 418 g/mol. The van der Waals surface area contributed by atoms with Gasteiger partial charge in [0.15, 0.2) is 0 Å². The lowest BCUT2D eigenvalue weighted by Crippen LogP contribution is -2.53. The van der Waals surface area contributed by atoms with Gasteiger partial charge in [-0.05, 0) is 13.1 Å². The molecule has 0 N–H and O–H groups in total. The highest BCUT2D eigenvalue weighted by atomic mass is 28.5. The van der Waals surface area contributed by atoms with E-state index >= 15 is 0 Å². The molecule has 0 saturated heterocycles. The maximum atomic E-state index is 13.0. The van der Waals surface area contributed by atoms with E-state index in [2.05, 4.69) is 13.2 Å². The van der Waals surface area contributed by atoms with E-state index in [1.165, 1.54) is 0 Å². The molecular formula is C12H18F8O3Si2. The van der Waals surface area contributed by atoms with Gasteiger partial charge in [-0.2, -0.15) is 17.6 Å². The number of alkyl halides is 8. The summed E-state index contributed by atoms with van der Waals surface area (Å²) in [6, 6.07) is 0. The van der Waals surface area contributed by atoms with E-state index < -0.39 is 55.0 Å². The van der Waals surface area contributed by atoms with Gasteiger partial charge in [0, 0.05) is 0 Å².